The van der Waals surface area contributed by atoms with Crippen LogP contribution in [0.3, 0.4) is 0 Å². The number of benzene rings is 1. The van der Waals surface area contributed by atoms with Crippen LogP contribution in [0.25, 0.3) is 6.08 Å². The average Bonchev–Trinajstić information content (AvgIpc) is 2.34. The number of amides is 1. The molecule has 0 saturated heterocycles. The van der Waals surface area contributed by atoms with Crippen molar-refractivity contribution < 1.29 is 24.3 Å². The third kappa shape index (κ3) is 4.02. The molecule has 0 heterocycles. The van der Waals surface area contributed by atoms with Gasteiger partial charge in [-0.25, -0.2) is 0 Å². The van der Waals surface area contributed by atoms with Crippen LogP contribution in [0, 0.1) is 11.3 Å². The number of carbonyl (C=O) groups is 1. The molecule has 0 aliphatic rings. The van der Waals surface area contributed by atoms with E-state index in [1.165, 1.54) is 30.3 Å². The summed E-state index contributed by atoms with van der Waals surface area (Å²) in [7, 11) is -4.63. The second kappa shape index (κ2) is 5.78. The molecule has 1 rings (SSSR count). The minimum absolute atomic E-state index is 0.0306. The summed E-state index contributed by atoms with van der Waals surface area (Å²) in [6.45, 7) is 0. The molecule has 1 aromatic carbocycles. The van der Waals surface area contributed by atoms with Crippen LogP contribution in [0.15, 0.2) is 29.8 Å². The molecule has 0 saturated carbocycles. The van der Waals surface area contributed by atoms with Gasteiger partial charge in [0.15, 0.2) is 5.85 Å². The Balaban J connectivity index is 3.05. The minimum Gasteiger partial charge on any atom is -0.376 e. The van der Waals surface area contributed by atoms with Crippen molar-refractivity contribution in [3.05, 3.63) is 41.0 Å². The summed E-state index contributed by atoms with van der Waals surface area (Å²) < 4.78 is 10.9. The van der Waals surface area contributed by atoms with E-state index in [1.54, 1.807) is 6.07 Å². The van der Waals surface area contributed by atoms with E-state index in [4.69, 9.17) is 20.8 Å². The largest absolute Gasteiger partial charge is 0.376 e. The van der Waals surface area contributed by atoms with Gasteiger partial charge in [-0.2, -0.15) is 5.26 Å². The van der Waals surface area contributed by atoms with E-state index < -0.39 is 19.3 Å². The highest BCUT2D eigenvalue weighted by Crippen LogP contribution is 2.49. The van der Waals surface area contributed by atoms with Gasteiger partial charge >= 0.3 is 7.60 Å². The van der Waals surface area contributed by atoms with Gasteiger partial charge in [-0.1, -0.05) is 24.3 Å². The Morgan fingerprint density at radius 2 is 1.89 bits per heavy atom. The summed E-state index contributed by atoms with van der Waals surface area (Å²) in [6, 6.07) is 6.99. The first-order valence-electron chi connectivity index (χ1n) is 5.00. The fourth-order valence-corrected chi connectivity index (χ4v) is 1.84. The number of aliphatic hydroxyl groups is 1. The lowest BCUT2D eigenvalue weighted by Crippen LogP contribution is -2.12. The first-order chi connectivity index (χ1) is 8.75. The van der Waals surface area contributed by atoms with E-state index in [9.17, 15) is 14.5 Å². The molecule has 5 N–H and O–H groups in total. The minimum atomic E-state index is -4.63. The summed E-state index contributed by atoms with van der Waals surface area (Å²) in [5.41, 5.74) is 5.18. The Morgan fingerprint density at radius 3 is 2.26 bits per heavy atom. The number of primary amides is 1. The maximum absolute atomic E-state index is 10.9. The Kier molecular flexibility index (Phi) is 4.59. The number of nitriles is 1. The molecule has 0 radical (unpaired) electrons. The van der Waals surface area contributed by atoms with Crippen molar-refractivity contribution in [1.29, 1.82) is 5.26 Å². The van der Waals surface area contributed by atoms with Gasteiger partial charge in [0.2, 0.25) is 0 Å². The molecule has 0 fully saturated rings. The molecule has 100 valence electrons. The van der Waals surface area contributed by atoms with Gasteiger partial charge in [0.05, 0.1) is 0 Å². The van der Waals surface area contributed by atoms with Crippen LogP contribution in [-0.4, -0.2) is 20.8 Å². The molecule has 1 amide bonds. The Hall–Kier alpha value is -1.97. The van der Waals surface area contributed by atoms with Crippen LogP contribution < -0.4 is 5.73 Å². The van der Waals surface area contributed by atoms with E-state index in [1.807, 2.05) is 0 Å². The SMILES string of the molecule is N#CC(=Cc1ccc(C(O)P(=O)(O)O)cc1)C(N)=O. The van der Waals surface area contributed by atoms with Crippen molar-refractivity contribution in [3.8, 4) is 6.07 Å². The molecule has 19 heavy (non-hydrogen) atoms. The maximum atomic E-state index is 10.9. The summed E-state index contributed by atoms with van der Waals surface area (Å²) in [5, 5.41) is 18.0. The van der Waals surface area contributed by atoms with Gasteiger partial charge in [-0.3, -0.25) is 9.36 Å². The standard InChI is InChI=1S/C11H11N2O5P/c12-6-9(10(13)14)5-7-1-3-8(4-2-7)11(15)19(16,17)18/h1-5,11,15H,(H2,13,14)(H2,16,17,18). The zero-order valence-electron chi connectivity index (χ0n) is 9.59. The van der Waals surface area contributed by atoms with Gasteiger partial charge in [-0.05, 0) is 17.2 Å². The first-order valence-corrected chi connectivity index (χ1v) is 6.68. The fraction of sp³-hybridized carbons (Fsp3) is 0.0909. The van der Waals surface area contributed by atoms with Crippen molar-refractivity contribution in [2.24, 2.45) is 5.73 Å². The van der Waals surface area contributed by atoms with Crippen molar-refractivity contribution in [2.75, 3.05) is 0 Å². The third-order valence-corrected chi connectivity index (χ3v) is 3.19. The number of aliphatic hydroxyl groups excluding tert-OH is 1. The second-order valence-electron chi connectivity index (χ2n) is 3.66. The molecule has 1 aromatic rings. The zero-order chi connectivity index (χ0) is 14.6. The second-order valence-corrected chi connectivity index (χ2v) is 5.33. The lowest BCUT2D eigenvalue weighted by Gasteiger charge is -2.12. The number of nitrogens with zero attached hydrogens (tertiary/aromatic N) is 1. The Labute approximate surface area is 108 Å². The lowest BCUT2D eigenvalue weighted by molar-refractivity contribution is -0.114. The zero-order valence-corrected chi connectivity index (χ0v) is 10.5. The van der Waals surface area contributed by atoms with Crippen molar-refractivity contribution in [2.45, 2.75) is 5.85 Å². The van der Waals surface area contributed by atoms with Gasteiger partial charge in [-0.15, -0.1) is 0 Å². The Morgan fingerprint density at radius 1 is 1.37 bits per heavy atom. The predicted molar refractivity (Wildman–Crippen MR) is 66.2 cm³/mol. The Bertz CT molecular complexity index is 597. The van der Waals surface area contributed by atoms with Crippen molar-refractivity contribution in [3.63, 3.8) is 0 Å². The third-order valence-electron chi connectivity index (χ3n) is 2.25. The van der Waals surface area contributed by atoms with Crippen LogP contribution in [0.2, 0.25) is 0 Å². The molecule has 1 atom stereocenters. The van der Waals surface area contributed by atoms with Gasteiger partial charge in [0.1, 0.15) is 11.6 Å². The fourth-order valence-electron chi connectivity index (χ4n) is 1.28. The quantitative estimate of drug-likeness (QED) is 0.354. The normalized spacial score (nSPS) is 13.7. The molecule has 8 heteroatoms. The van der Waals surface area contributed by atoms with Crippen LogP contribution in [0.5, 0.6) is 0 Å². The van der Waals surface area contributed by atoms with Crippen LogP contribution in [0.1, 0.15) is 17.0 Å². The van der Waals surface area contributed by atoms with Crippen LogP contribution in [-0.2, 0) is 9.36 Å². The first kappa shape index (κ1) is 15.1. The number of hydrogen-bond acceptors (Lipinski definition) is 4. The molecule has 0 aromatic heterocycles. The van der Waals surface area contributed by atoms with Gasteiger partial charge in [0, 0.05) is 0 Å². The highest BCUT2D eigenvalue weighted by atomic mass is 31.2. The summed E-state index contributed by atoms with van der Waals surface area (Å²) in [5.74, 6) is -2.78. The highest BCUT2D eigenvalue weighted by molar-refractivity contribution is 7.51. The van der Waals surface area contributed by atoms with Gasteiger partial charge in [0.25, 0.3) is 5.91 Å². The smallest absolute Gasteiger partial charge is 0.358 e. The van der Waals surface area contributed by atoms with E-state index in [-0.39, 0.29) is 11.1 Å². The van der Waals surface area contributed by atoms with E-state index in [2.05, 4.69) is 0 Å². The highest BCUT2D eigenvalue weighted by Gasteiger charge is 2.27. The van der Waals surface area contributed by atoms with E-state index in [0.29, 0.717) is 5.56 Å². The number of nitrogens with two attached hydrogens (primary N) is 1. The average molecular weight is 282 g/mol. The molecule has 0 aliphatic carbocycles. The molecule has 0 aliphatic heterocycles. The molecular formula is C11H11N2O5P. The molecule has 0 bridgehead atoms. The number of hydrogen-bond donors (Lipinski definition) is 4. The van der Waals surface area contributed by atoms with Crippen molar-refractivity contribution in [1.82, 2.24) is 0 Å². The summed E-state index contributed by atoms with van der Waals surface area (Å²) in [4.78, 5) is 28.5. The maximum Gasteiger partial charge on any atom is 0.358 e. The number of rotatable bonds is 4. The van der Waals surface area contributed by atoms with Crippen LogP contribution in [0.4, 0.5) is 0 Å². The van der Waals surface area contributed by atoms with Crippen LogP contribution >= 0.6 is 7.60 Å². The molecule has 7 nitrogen and oxygen atoms in total. The lowest BCUT2D eigenvalue weighted by atomic mass is 10.1. The molecule has 0 spiro atoms. The van der Waals surface area contributed by atoms with Crippen molar-refractivity contribution >= 4 is 19.6 Å². The number of carbonyl (C=O) groups excluding carboxylic acids is 1. The monoisotopic (exact) mass is 282 g/mol. The predicted octanol–water partition coefficient (Wildman–Crippen LogP) is 0.247. The van der Waals surface area contributed by atoms with Gasteiger partial charge < -0.3 is 20.6 Å². The summed E-state index contributed by atoms with van der Waals surface area (Å²) >= 11 is 0. The summed E-state index contributed by atoms with van der Waals surface area (Å²) in [6.07, 6.45) is 1.23. The van der Waals surface area contributed by atoms with E-state index >= 15 is 0 Å². The topological polar surface area (TPSA) is 145 Å². The van der Waals surface area contributed by atoms with E-state index in [0.717, 1.165) is 0 Å². The molecule has 1 unspecified atom stereocenters. The molecular weight excluding hydrogens is 271 g/mol.